The molecule has 2 unspecified atom stereocenters. The maximum atomic E-state index is 5.80. The second-order valence-corrected chi connectivity index (χ2v) is 8.12. The lowest BCUT2D eigenvalue weighted by Crippen LogP contribution is -2.49. The number of hydrogen-bond donors (Lipinski definition) is 1. The molecule has 1 aliphatic carbocycles. The average Bonchev–Trinajstić information content (AvgIpc) is 2.63. The summed E-state index contributed by atoms with van der Waals surface area (Å²) in [5, 5.41) is 3.85. The first kappa shape index (κ1) is 14.3. The van der Waals surface area contributed by atoms with Gasteiger partial charge in [0.1, 0.15) is 0 Å². The van der Waals surface area contributed by atoms with E-state index in [2.05, 4.69) is 39.9 Å². The largest absolute Gasteiger partial charge is 0.377 e. The highest BCUT2D eigenvalue weighted by Crippen LogP contribution is 2.45. The summed E-state index contributed by atoms with van der Waals surface area (Å²) in [5.74, 6) is 0. The third-order valence-electron chi connectivity index (χ3n) is 4.58. The van der Waals surface area contributed by atoms with Crippen LogP contribution < -0.4 is 5.32 Å². The summed E-state index contributed by atoms with van der Waals surface area (Å²) >= 11 is 0. The van der Waals surface area contributed by atoms with Crippen molar-refractivity contribution in [3.05, 3.63) is 0 Å². The van der Waals surface area contributed by atoms with Crippen LogP contribution in [-0.4, -0.2) is 24.8 Å². The van der Waals surface area contributed by atoms with E-state index < -0.39 is 0 Å². The SMILES string of the molecule is CC(NC1CC(C)(C)CC(C)(C)C1)C1CCCO1. The van der Waals surface area contributed by atoms with Gasteiger partial charge in [-0.25, -0.2) is 0 Å². The van der Waals surface area contributed by atoms with Crippen molar-refractivity contribution in [3.8, 4) is 0 Å². The highest BCUT2D eigenvalue weighted by molar-refractivity contribution is 4.94. The van der Waals surface area contributed by atoms with Crippen LogP contribution in [0, 0.1) is 10.8 Å². The van der Waals surface area contributed by atoms with Gasteiger partial charge in [-0.05, 0) is 49.9 Å². The number of hydrogen-bond acceptors (Lipinski definition) is 2. The Bertz CT molecular complexity index is 263. The van der Waals surface area contributed by atoms with Crippen molar-refractivity contribution < 1.29 is 4.74 Å². The summed E-state index contributed by atoms with van der Waals surface area (Å²) in [6.45, 7) is 12.9. The van der Waals surface area contributed by atoms with Crippen molar-refractivity contribution in [3.63, 3.8) is 0 Å². The van der Waals surface area contributed by atoms with Crippen LogP contribution in [0.3, 0.4) is 0 Å². The summed E-state index contributed by atoms with van der Waals surface area (Å²) in [5.41, 5.74) is 0.936. The van der Waals surface area contributed by atoms with Gasteiger partial charge in [0.05, 0.1) is 6.10 Å². The second-order valence-electron chi connectivity index (χ2n) is 8.12. The van der Waals surface area contributed by atoms with Crippen molar-refractivity contribution in [2.24, 2.45) is 10.8 Å². The molecule has 1 saturated carbocycles. The Kier molecular flexibility index (Phi) is 4.08. The normalized spacial score (nSPS) is 33.5. The van der Waals surface area contributed by atoms with E-state index in [0.29, 0.717) is 29.0 Å². The summed E-state index contributed by atoms with van der Waals surface area (Å²) in [6.07, 6.45) is 6.84. The maximum absolute atomic E-state index is 5.80. The highest BCUT2D eigenvalue weighted by atomic mass is 16.5. The molecule has 2 rings (SSSR count). The fraction of sp³-hybridized carbons (Fsp3) is 1.00. The van der Waals surface area contributed by atoms with E-state index in [1.807, 2.05) is 0 Å². The summed E-state index contributed by atoms with van der Waals surface area (Å²) < 4.78 is 5.80. The first-order chi connectivity index (χ1) is 8.27. The molecule has 106 valence electrons. The molecular weight excluding hydrogens is 222 g/mol. The molecule has 2 atom stereocenters. The number of nitrogens with one attached hydrogen (secondary N) is 1. The van der Waals surface area contributed by atoms with Gasteiger partial charge in [0, 0.05) is 18.7 Å². The van der Waals surface area contributed by atoms with Gasteiger partial charge in [0.15, 0.2) is 0 Å². The third kappa shape index (κ3) is 3.71. The minimum absolute atomic E-state index is 0.443. The molecule has 0 bridgehead atoms. The Morgan fingerprint density at radius 2 is 1.72 bits per heavy atom. The lowest BCUT2D eigenvalue weighted by molar-refractivity contribution is 0.0490. The molecule has 1 aliphatic heterocycles. The highest BCUT2D eigenvalue weighted by Gasteiger charge is 2.39. The Morgan fingerprint density at radius 3 is 2.22 bits per heavy atom. The molecule has 2 heteroatoms. The van der Waals surface area contributed by atoms with E-state index in [-0.39, 0.29) is 0 Å². The summed E-state index contributed by atoms with van der Waals surface area (Å²) in [4.78, 5) is 0. The summed E-state index contributed by atoms with van der Waals surface area (Å²) in [6, 6.07) is 1.16. The lowest BCUT2D eigenvalue weighted by atomic mass is 9.63. The molecule has 0 aromatic heterocycles. The van der Waals surface area contributed by atoms with E-state index in [9.17, 15) is 0 Å². The molecule has 0 spiro atoms. The monoisotopic (exact) mass is 253 g/mol. The maximum Gasteiger partial charge on any atom is 0.0726 e. The predicted molar refractivity (Wildman–Crippen MR) is 76.8 cm³/mol. The van der Waals surface area contributed by atoms with Gasteiger partial charge in [-0.2, -0.15) is 0 Å². The van der Waals surface area contributed by atoms with Crippen LogP contribution in [0.5, 0.6) is 0 Å². The number of rotatable bonds is 3. The Morgan fingerprint density at radius 1 is 1.11 bits per heavy atom. The molecule has 1 N–H and O–H groups in total. The van der Waals surface area contributed by atoms with Crippen molar-refractivity contribution in [1.29, 1.82) is 0 Å². The van der Waals surface area contributed by atoms with E-state index in [0.717, 1.165) is 6.61 Å². The molecule has 0 aromatic rings. The van der Waals surface area contributed by atoms with Crippen LogP contribution in [0.1, 0.15) is 66.7 Å². The molecule has 0 radical (unpaired) electrons. The van der Waals surface area contributed by atoms with Gasteiger partial charge < -0.3 is 10.1 Å². The van der Waals surface area contributed by atoms with Gasteiger partial charge in [-0.3, -0.25) is 0 Å². The molecular formula is C16H31NO. The van der Waals surface area contributed by atoms with Gasteiger partial charge >= 0.3 is 0 Å². The third-order valence-corrected chi connectivity index (χ3v) is 4.58. The van der Waals surface area contributed by atoms with E-state index in [1.54, 1.807) is 0 Å². The second kappa shape index (κ2) is 5.13. The fourth-order valence-electron chi connectivity index (χ4n) is 4.44. The van der Waals surface area contributed by atoms with Crippen molar-refractivity contribution in [2.45, 2.75) is 84.9 Å². The fourth-order valence-corrected chi connectivity index (χ4v) is 4.44. The van der Waals surface area contributed by atoms with Crippen molar-refractivity contribution in [2.75, 3.05) is 6.61 Å². The van der Waals surface area contributed by atoms with Crippen LogP contribution in [0.25, 0.3) is 0 Å². The molecule has 0 aromatic carbocycles. The topological polar surface area (TPSA) is 21.3 Å². The predicted octanol–water partition coefficient (Wildman–Crippen LogP) is 3.75. The number of ether oxygens (including phenoxy) is 1. The zero-order chi connectivity index (χ0) is 13.4. The Labute approximate surface area is 113 Å². The van der Waals surface area contributed by atoms with Crippen LogP contribution >= 0.6 is 0 Å². The molecule has 1 heterocycles. The zero-order valence-corrected chi connectivity index (χ0v) is 12.9. The van der Waals surface area contributed by atoms with Crippen LogP contribution in [0.4, 0.5) is 0 Å². The Hall–Kier alpha value is -0.0800. The molecule has 2 nitrogen and oxygen atoms in total. The molecule has 2 aliphatic rings. The quantitative estimate of drug-likeness (QED) is 0.827. The summed E-state index contributed by atoms with van der Waals surface area (Å²) in [7, 11) is 0. The van der Waals surface area contributed by atoms with Gasteiger partial charge in [-0.1, -0.05) is 27.7 Å². The van der Waals surface area contributed by atoms with Gasteiger partial charge in [0.25, 0.3) is 0 Å². The van der Waals surface area contributed by atoms with Crippen molar-refractivity contribution >= 4 is 0 Å². The van der Waals surface area contributed by atoms with E-state index in [1.165, 1.54) is 32.1 Å². The van der Waals surface area contributed by atoms with Gasteiger partial charge in [0.2, 0.25) is 0 Å². The zero-order valence-electron chi connectivity index (χ0n) is 12.9. The first-order valence-corrected chi connectivity index (χ1v) is 7.65. The standard InChI is InChI=1S/C16H31NO/c1-12(14-7-6-8-18-14)17-13-9-15(2,3)11-16(4,5)10-13/h12-14,17H,6-11H2,1-5H3. The minimum Gasteiger partial charge on any atom is -0.377 e. The van der Waals surface area contributed by atoms with E-state index >= 15 is 0 Å². The van der Waals surface area contributed by atoms with Crippen LogP contribution in [0.2, 0.25) is 0 Å². The molecule has 18 heavy (non-hydrogen) atoms. The Balaban J connectivity index is 1.91. The molecule has 1 saturated heterocycles. The van der Waals surface area contributed by atoms with Crippen LogP contribution in [-0.2, 0) is 4.74 Å². The van der Waals surface area contributed by atoms with Crippen molar-refractivity contribution in [1.82, 2.24) is 5.32 Å². The molecule has 0 amide bonds. The first-order valence-electron chi connectivity index (χ1n) is 7.65. The lowest BCUT2D eigenvalue weighted by Gasteiger charge is -2.46. The molecule has 2 fully saturated rings. The smallest absolute Gasteiger partial charge is 0.0726 e. The van der Waals surface area contributed by atoms with Crippen LogP contribution in [0.15, 0.2) is 0 Å². The average molecular weight is 253 g/mol. The minimum atomic E-state index is 0.443. The van der Waals surface area contributed by atoms with E-state index in [4.69, 9.17) is 4.74 Å². The van der Waals surface area contributed by atoms with Gasteiger partial charge in [-0.15, -0.1) is 0 Å².